The van der Waals surface area contributed by atoms with Gasteiger partial charge in [-0.15, -0.1) is 0 Å². The molecule has 10 atom stereocenters. The number of ketones is 1. The van der Waals surface area contributed by atoms with Crippen molar-refractivity contribution in [2.45, 2.75) is 103 Å². The van der Waals surface area contributed by atoms with Gasteiger partial charge in [0.15, 0.2) is 11.9 Å². The van der Waals surface area contributed by atoms with Crippen molar-refractivity contribution in [2.75, 3.05) is 6.61 Å². The Bertz CT molecular complexity index is 963. The first-order valence-electron chi connectivity index (χ1n) is 12.5. The van der Waals surface area contributed by atoms with E-state index in [1.54, 1.807) is 48.5 Å². The van der Waals surface area contributed by atoms with Crippen molar-refractivity contribution in [3.8, 4) is 0 Å². The zero-order valence-electron chi connectivity index (χ0n) is 22.2. The van der Waals surface area contributed by atoms with E-state index in [0.29, 0.717) is 5.57 Å². The molecule has 0 spiro atoms. The van der Waals surface area contributed by atoms with Crippen LogP contribution in [0.5, 0.6) is 0 Å². The minimum Gasteiger partial charge on any atom is -0.456 e. The number of esters is 1. The molecular formula is C26H40AcO9. The monoisotopic (exact) mass is 723 g/mol. The summed E-state index contributed by atoms with van der Waals surface area (Å²) in [5.74, 6) is -3.56. The summed E-state index contributed by atoms with van der Waals surface area (Å²) in [4.78, 5) is 26.6. The molecule has 0 aromatic rings. The second-order valence-corrected chi connectivity index (χ2v) is 12.3. The van der Waals surface area contributed by atoms with Gasteiger partial charge in [-0.2, -0.15) is 0 Å². The molecular weight excluding hydrogens is 683 g/mol. The van der Waals surface area contributed by atoms with Gasteiger partial charge in [-0.3, -0.25) is 4.79 Å². The van der Waals surface area contributed by atoms with Crippen LogP contribution in [0.2, 0.25) is 0 Å². The van der Waals surface area contributed by atoms with Gasteiger partial charge in [-0.1, -0.05) is 34.6 Å². The number of ether oxygens (including phenoxy) is 2. The largest absolute Gasteiger partial charge is 0.456 e. The van der Waals surface area contributed by atoms with Gasteiger partial charge in [0.2, 0.25) is 0 Å². The molecule has 1 heterocycles. The summed E-state index contributed by atoms with van der Waals surface area (Å²) in [6.45, 7) is 11.7. The molecule has 9 nitrogen and oxygen atoms in total. The molecule has 1 saturated heterocycles. The minimum atomic E-state index is -1.69. The predicted octanol–water partition coefficient (Wildman–Crippen LogP) is 0.489. The van der Waals surface area contributed by atoms with Crippen molar-refractivity contribution in [1.82, 2.24) is 0 Å². The zero-order valence-corrected chi connectivity index (χ0v) is 26.9. The van der Waals surface area contributed by atoms with Crippen LogP contribution in [0, 0.1) is 72.6 Å². The topological polar surface area (TPSA) is 154 Å². The Kier molecular flexibility index (Phi) is 8.18. The summed E-state index contributed by atoms with van der Waals surface area (Å²) >= 11 is 0. The van der Waals surface area contributed by atoms with E-state index < -0.39 is 76.1 Å². The number of fused-ring (bicyclic) bond motifs is 5. The molecule has 36 heavy (non-hydrogen) atoms. The van der Waals surface area contributed by atoms with Crippen molar-refractivity contribution >= 4 is 11.8 Å². The molecule has 0 amide bonds. The van der Waals surface area contributed by atoms with E-state index in [0.717, 1.165) is 0 Å². The molecule has 0 aromatic heterocycles. The SMILES string of the molecule is CC1=C2C(O)C(=O)[C@]3(C)C(O)CC4OCC4(O)C3[C@H](C)C(O)(CC1OC(=O)C(O)C(C)C)C2(C)C.[Ac]. The molecule has 201 valence electrons. The maximum Gasteiger partial charge on any atom is 0.335 e. The van der Waals surface area contributed by atoms with E-state index in [1.165, 1.54) is 0 Å². The zero-order chi connectivity index (χ0) is 26.5. The minimum absolute atomic E-state index is 0. The number of Topliss-reactive ketones (excluding diaryl/α,β-unsaturated/α-hetero) is 1. The molecule has 1 radical (unpaired) electrons. The van der Waals surface area contributed by atoms with Crippen LogP contribution in [0.4, 0.5) is 0 Å². The number of hydrogen-bond acceptors (Lipinski definition) is 9. The average molecular weight is 724 g/mol. The molecule has 0 aromatic carbocycles. The Balaban J connectivity index is 0.00000361. The third kappa shape index (κ3) is 3.88. The average Bonchev–Trinajstić information content (AvgIpc) is 2.76. The number of aliphatic hydroxyl groups excluding tert-OH is 3. The third-order valence-electron chi connectivity index (χ3n) is 9.98. The molecule has 3 aliphatic carbocycles. The second-order valence-electron chi connectivity index (χ2n) is 12.3. The molecule has 5 N–H and O–H groups in total. The van der Waals surface area contributed by atoms with Gasteiger partial charge in [0.1, 0.15) is 17.8 Å². The quantitative estimate of drug-likeness (QED) is 0.207. The van der Waals surface area contributed by atoms with Crippen LogP contribution >= 0.6 is 0 Å². The Morgan fingerprint density at radius 3 is 2.25 bits per heavy atom. The van der Waals surface area contributed by atoms with Gasteiger partial charge in [0.05, 0.1) is 29.8 Å². The molecule has 8 unspecified atom stereocenters. The normalized spacial score (nSPS) is 46.4. The van der Waals surface area contributed by atoms with Gasteiger partial charge in [0, 0.05) is 68.2 Å². The molecule has 2 bridgehead atoms. The summed E-state index contributed by atoms with van der Waals surface area (Å²) in [6.07, 6.45) is -5.94. The fraction of sp³-hybridized carbons (Fsp3) is 0.846. The summed E-state index contributed by atoms with van der Waals surface area (Å²) in [6, 6.07) is 0. The second kappa shape index (κ2) is 9.62. The van der Waals surface area contributed by atoms with E-state index in [9.17, 15) is 35.1 Å². The first-order valence-corrected chi connectivity index (χ1v) is 12.5. The van der Waals surface area contributed by atoms with Gasteiger partial charge in [-0.05, 0) is 36.8 Å². The predicted molar refractivity (Wildman–Crippen MR) is 124 cm³/mol. The number of hydrogen-bond donors (Lipinski definition) is 5. The first kappa shape index (κ1) is 30.6. The van der Waals surface area contributed by atoms with E-state index >= 15 is 0 Å². The van der Waals surface area contributed by atoms with Gasteiger partial charge in [-0.25, -0.2) is 4.79 Å². The van der Waals surface area contributed by atoms with Crippen molar-refractivity contribution in [3.63, 3.8) is 0 Å². The van der Waals surface area contributed by atoms with Crippen LogP contribution < -0.4 is 0 Å². The Hall–Kier alpha value is 0.0816. The van der Waals surface area contributed by atoms with Crippen molar-refractivity contribution in [1.29, 1.82) is 0 Å². The van der Waals surface area contributed by atoms with E-state index in [1.807, 2.05) is 0 Å². The van der Waals surface area contributed by atoms with Crippen molar-refractivity contribution in [3.05, 3.63) is 11.1 Å². The Labute approximate surface area is 248 Å². The van der Waals surface area contributed by atoms with Crippen LogP contribution in [0.1, 0.15) is 61.3 Å². The van der Waals surface area contributed by atoms with Crippen LogP contribution in [0.15, 0.2) is 11.1 Å². The number of carbonyl (C=O) groups excluding carboxylic acids is 2. The molecule has 1 aliphatic heterocycles. The summed E-state index contributed by atoms with van der Waals surface area (Å²) in [5.41, 5.74) is -5.11. The Morgan fingerprint density at radius 1 is 1.17 bits per heavy atom. The number of carbonyl (C=O) groups is 2. The molecule has 2 saturated carbocycles. The van der Waals surface area contributed by atoms with Crippen molar-refractivity contribution in [2.24, 2.45) is 28.6 Å². The van der Waals surface area contributed by atoms with Gasteiger partial charge in [0.25, 0.3) is 0 Å². The van der Waals surface area contributed by atoms with E-state index in [2.05, 4.69) is 0 Å². The summed E-state index contributed by atoms with van der Waals surface area (Å²) < 4.78 is 11.2. The fourth-order valence-electron chi connectivity index (χ4n) is 7.59. The Morgan fingerprint density at radius 2 is 1.75 bits per heavy atom. The van der Waals surface area contributed by atoms with Crippen molar-refractivity contribution < 1.29 is 88.7 Å². The van der Waals surface area contributed by atoms with Crippen LogP contribution in [-0.2, 0) is 19.1 Å². The van der Waals surface area contributed by atoms with Gasteiger partial charge >= 0.3 is 5.97 Å². The molecule has 3 fully saturated rings. The number of rotatable bonds is 3. The van der Waals surface area contributed by atoms with Crippen LogP contribution in [0.3, 0.4) is 0 Å². The first-order chi connectivity index (χ1) is 16.0. The summed E-state index contributed by atoms with van der Waals surface area (Å²) in [7, 11) is 0. The smallest absolute Gasteiger partial charge is 0.335 e. The maximum atomic E-state index is 14.0. The maximum absolute atomic E-state index is 14.0. The van der Waals surface area contributed by atoms with Gasteiger partial charge < -0.3 is 35.0 Å². The van der Waals surface area contributed by atoms with E-state index in [-0.39, 0.29) is 75.0 Å². The third-order valence-corrected chi connectivity index (χ3v) is 9.98. The number of aliphatic hydroxyl groups is 5. The van der Waals surface area contributed by atoms with Crippen LogP contribution in [0.25, 0.3) is 0 Å². The molecule has 4 aliphatic rings. The van der Waals surface area contributed by atoms with Crippen LogP contribution in [-0.4, -0.2) is 85.6 Å². The summed E-state index contributed by atoms with van der Waals surface area (Å²) in [5, 5.41) is 56.9. The fourth-order valence-corrected chi connectivity index (χ4v) is 7.59. The molecule has 4 rings (SSSR count). The van der Waals surface area contributed by atoms with E-state index in [4.69, 9.17) is 9.47 Å². The standard InChI is InChI=1S/C26H40O9.Ac/c1-11(2)18(28)22(31)35-14-9-26(33)13(4)20-24(7,15(27)8-16-25(20,32)10-34-16)21(30)19(29)17(12(14)3)23(26,5)6;/h11,13-16,18-20,27-29,32-33H,8-10H2,1-7H3;/t13-,14?,15?,16?,18?,19?,20?,24+,25?,26?;/m0./s1. The molecule has 10 heteroatoms.